The summed E-state index contributed by atoms with van der Waals surface area (Å²) in [7, 11) is -0.768. The lowest BCUT2D eigenvalue weighted by Gasteiger charge is -2.32. The van der Waals surface area contributed by atoms with Gasteiger partial charge in [0.05, 0.1) is 0 Å². The summed E-state index contributed by atoms with van der Waals surface area (Å²) in [6, 6.07) is 9.02. The summed E-state index contributed by atoms with van der Waals surface area (Å²) < 4.78 is 11.3. The Hall–Kier alpha value is -0.830. The van der Waals surface area contributed by atoms with Crippen LogP contribution in [0.5, 0.6) is 0 Å². The molecule has 2 nitrogen and oxygen atoms in total. The summed E-state index contributed by atoms with van der Waals surface area (Å²) in [5.41, 5.74) is 2.35. The summed E-state index contributed by atoms with van der Waals surface area (Å²) >= 11 is 0. The minimum atomic E-state index is -0.768. The van der Waals surface area contributed by atoms with E-state index >= 15 is 0 Å². The van der Waals surface area contributed by atoms with E-state index in [0.29, 0.717) is 11.8 Å². The Kier molecular flexibility index (Phi) is 5.44. The molecule has 0 aliphatic heterocycles. The van der Waals surface area contributed by atoms with Crippen LogP contribution in [-0.2, 0) is 16.6 Å². The highest BCUT2D eigenvalue weighted by Crippen LogP contribution is 2.29. The molecule has 1 aromatic rings. The Morgan fingerprint density at radius 3 is 2.84 bits per heavy atom. The van der Waals surface area contributed by atoms with Crippen LogP contribution in [-0.4, -0.2) is 16.5 Å². The van der Waals surface area contributed by atoms with E-state index in [1.165, 1.54) is 37.8 Å². The van der Waals surface area contributed by atoms with Crippen LogP contribution in [0.1, 0.15) is 44.6 Å². The maximum Gasteiger partial charge on any atom is 0.0483 e. The molecule has 106 valence electrons. The Morgan fingerprint density at radius 2 is 2.11 bits per heavy atom. The normalized spacial score (nSPS) is 24.9. The number of nitrogens with one attached hydrogen (secondary N) is 1. The fourth-order valence-corrected chi connectivity index (χ4v) is 3.73. The smallest absolute Gasteiger partial charge is 0.0483 e. The Morgan fingerprint density at radius 1 is 1.32 bits per heavy atom. The third kappa shape index (κ3) is 4.34. The van der Waals surface area contributed by atoms with Crippen molar-refractivity contribution in [1.82, 2.24) is 0 Å². The lowest BCUT2D eigenvalue weighted by atomic mass is 9.83. The second-order valence-electron chi connectivity index (χ2n) is 5.62. The van der Waals surface area contributed by atoms with E-state index in [1.54, 1.807) is 6.26 Å². The van der Waals surface area contributed by atoms with Gasteiger partial charge in [-0.05, 0) is 36.5 Å². The summed E-state index contributed by atoms with van der Waals surface area (Å²) in [6.07, 6.45) is 8.37. The van der Waals surface area contributed by atoms with Crippen molar-refractivity contribution in [3.8, 4) is 0 Å². The van der Waals surface area contributed by atoms with E-state index in [1.807, 2.05) is 0 Å². The van der Waals surface area contributed by atoms with Gasteiger partial charge in [0.15, 0.2) is 0 Å². The summed E-state index contributed by atoms with van der Waals surface area (Å²) in [5, 5.41) is 3.70. The molecule has 2 rings (SSSR count). The molecule has 0 radical (unpaired) electrons. The Balaban J connectivity index is 2.03. The molecule has 19 heavy (non-hydrogen) atoms. The molecular weight excluding hydrogens is 254 g/mol. The topological polar surface area (TPSA) is 29.1 Å². The van der Waals surface area contributed by atoms with Gasteiger partial charge in [0.25, 0.3) is 0 Å². The average Bonchev–Trinajstić information content (AvgIpc) is 2.39. The minimum Gasteiger partial charge on any atom is -0.382 e. The zero-order valence-electron chi connectivity index (χ0n) is 12.0. The second kappa shape index (κ2) is 7.09. The van der Waals surface area contributed by atoms with Crippen molar-refractivity contribution in [2.45, 2.75) is 50.8 Å². The van der Waals surface area contributed by atoms with Crippen molar-refractivity contribution < 1.29 is 4.21 Å². The van der Waals surface area contributed by atoms with Crippen molar-refractivity contribution in [3.63, 3.8) is 0 Å². The van der Waals surface area contributed by atoms with Gasteiger partial charge in [-0.25, -0.2) is 0 Å². The summed E-state index contributed by atoms with van der Waals surface area (Å²) in [5.74, 6) is 1.45. The fraction of sp³-hybridized carbons (Fsp3) is 0.625. The largest absolute Gasteiger partial charge is 0.382 e. The molecule has 1 aromatic carbocycles. The monoisotopic (exact) mass is 279 g/mol. The fourth-order valence-electron chi connectivity index (χ4n) is 3.09. The van der Waals surface area contributed by atoms with Crippen molar-refractivity contribution in [3.05, 3.63) is 29.8 Å². The van der Waals surface area contributed by atoms with Gasteiger partial charge in [-0.3, -0.25) is 4.21 Å². The van der Waals surface area contributed by atoms with Gasteiger partial charge < -0.3 is 5.32 Å². The number of hydrogen-bond acceptors (Lipinski definition) is 2. The third-order valence-electron chi connectivity index (χ3n) is 4.08. The van der Waals surface area contributed by atoms with Gasteiger partial charge >= 0.3 is 0 Å². The predicted octanol–water partition coefficient (Wildman–Crippen LogP) is 3.95. The van der Waals surface area contributed by atoms with E-state index in [9.17, 15) is 4.21 Å². The molecule has 1 saturated carbocycles. The van der Waals surface area contributed by atoms with Crippen LogP contribution in [0.15, 0.2) is 24.3 Å². The zero-order valence-corrected chi connectivity index (χ0v) is 12.8. The molecular formula is C16H25NOS. The molecule has 3 unspecified atom stereocenters. The maximum absolute atomic E-state index is 11.3. The van der Waals surface area contributed by atoms with Gasteiger partial charge in [-0.15, -0.1) is 0 Å². The number of hydrogen-bond donors (Lipinski definition) is 1. The third-order valence-corrected chi connectivity index (χ3v) is 4.82. The molecule has 1 aliphatic rings. The van der Waals surface area contributed by atoms with Crippen molar-refractivity contribution in [2.24, 2.45) is 5.92 Å². The Bertz CT molecular complexity index is 433. The lowest BCUT2D eigenvalue weighted by Crippen LogP contribution is -2.31. The van der Waals surface area contributed by atoms with Crippen molar-refractivity contribution >= 4 is 16.5 Å². The minimum absolute atomic E-state index is 0.612. The van der Waals surface area contributed by atoms with E-state index in [4.69, 9.17) is 0 Å². The van der Waals surface area contributed by atoms with E-state index in [0.717, 1.165) is 11.5 Å². The van der Waals surface area contributed by atoms with E-state index < -0.39 is 10.8 Å². The number of anilines is 1. The van der Waals surface area contributed by atoms with Gasteiger partial charge in [-0.1, -0.05) is 38.3 Å². The SMILES string of the molecule is CCC1CCCCC1Nc1cccc(CS(C)=O)c1. The highest BCUT2D eigenvalue weighted by Gasteiger charge is 2.23. The first-order valence-corrected chi connectivity index (χ1v) is 9.07. The molecule has 0 spiro atoms. The van der Waals surface area contributed by atoms with Crippen LogP contribution in [0, 0.1) is 5.92 Å². The lowest BCUT2D eigenvalue weighted by molar-refractivity contribution is 0.317. The first-order valence-electron chi connectivity index (χ1n) is 7.34. The highest BCUT2D eigenvalue weighted by molar-refractivity contribution is 7.83. The van der Waals surface area contributed by atoms with Gasteiger partial charge in [0.1, 0.15) is 0 Å². The molecule has 1 fully saturated rings. The quantitative estimate of drug-likeness (QED) is 0.884. The first kappa shape index (κ1) is 14.6. The van der Waals surface area contributed by atoms with Crippen LogP contribution >= 0.6 is 0 Å². The van der Waals surface area contributed by atoms with Crippen LogP contribution in [0.3, 0.4) is 0 Å². The van der Waals surface area contributed by atoms with E-state index in [2.05, 4.69) is 36.5 Å². The number of rotatable bonds is 5. The standard InChI is InChI=1S/C16H25NOS/c1-3-14-8-4-5-10-16(14)17-15-9-6-7-13(11-15)12-19(2)18/h6-7,9,11,14,16-17H,3-5,8,10,12H2,1-2H3. The maximum atomic E-state index is 11.3. The molecule has 1 aliphatic carbocycles. The second-order valence-corrected chi connectivity index (χ2v) is 7.06. The van der Waals surface area contributed by atoms with Gasteiger partial charge in [0, 0.05) is 34.5 Å². The molecule has 0 saturated heterocycles. The zero-order chi connectivity index (χ0) is 13.7. The summed E-state index contributed by atoms with van der Waals surface area (Å²) in [4.78, 5) is 0. The van der Waals surface area contributed by atoms with Gasteiger partial charge in [-0.2, -0.15) is 0 Å². The Labute approximate surface area is 119 Å². The molecule has 0 heterocycles. The average molecular weight is 279 g/mol. The number of benzene rings is 1. The molecule has 3 heteroatoms. The van der Waals surface area contributed by atoms with Crippen molar-refractivity contribution in [2.75, 3.05) is 11.6 Å². The molecule has 0 bridgehead atoms. The van der Waals surface area contributed by atoms with E-state index in [-0.39, 0.29) is 0 Å². The summed E-state index contributed by atoms with van der Waals surface area (Å²) in [6.45, 7) is 2.29. The van der Waals surface area contributed by atoms with Crippen LogP contribution in [0.4, 0.5) is 5.69 Å². The first-order chi connectivity index (χ1) is 9.19. The molecule has 0 amide bonds. The van der Waals surface area contributed by atoms with Crippen molar-refractivity contribution in [1.29, 1.82) is 0 Å². The van der Waals surface area contributed by atoms with Crippen LogP contribution < -0.4 is 5.32 Å². The van der Waals surface area contributed by atoms with Crippen LogP contribution in [0.2, 0.25) is 0 Å². The predicted molar refractivity (Wildman–Crippen MR) is 83.9 cm³/mol. The molecule has 1 N–H and O–H groups in total. The molecule has 3 atom stereocenters. The highest BCUT2D eigenvalue weighted by atomic mass is 32.2. The van der Waals surface area contributed by atoms with Crippen LogP contribution in [0.25, 0.3) is 0 Å². The molecule has 0 aromatic heterocycles. The van der Waals surface area contributed by atoms with Gasteiger partial charge in [0.2, 0.25) is 0 Å².